The Morgan fingerprint density at radius 3 is 2.90 bits per heavy atom. The van der Waals surface area contributed by atoms with Gasteiger partial charge in [0, 0.05) is 26.1 Å². The third-order valence-electron chi connectivity index (χ3n) is 3.02. The highest BCUT2D eigenvalue weighted by Gasteiger charge is 2.17. The summed E-state index contributed by atoms with van der Waals surface area (Å²) in [5.74, 6) is 0.174. The molecule has 108 valence electrons. The predicted molar refractivity (Wildman–Crippen MR) is 80.3 cm³/mol. The van der Waals surface area contributed by atoms with Crippen molar-refractivity contribution in [1.82, 2.24) is 14.9 Å². The number of aromatic nitrogens is 2. The molecule has 20 heavy (non-hydrogen) atoms. The largest absolute Gasteiger partial charge is 0.359 e. The first-order valence-electron chi connectivity index (χ1n) is 6.14. The first kappa shape index (κ1) is 15.3. The van der Waals surface area contributed by atoms with Crippen LogP contribution >= 0.6 is 27.5 Å². The summed E-state index contributed by atoms with van der Waals surface area (Å²) in [6, 6.07) is 3.02. The van der Waals surface area contributed by atoms with Gasteiger partial charge in [-0.25, -0.2) is 9.37 Å². The lowest BCUT2D eigenvalue weighted by Crippen LogP contribution is -2.20. The topological polar surface area (TPSA) is 46.9 Å². The van der Waals surface area contributed by atoms with Crippen LogP contribution in [0.3, 0.4) is 0 Å². The van der Waals surface area contributed by atoms with Gasteiger partial charge in [-0.05, 0) is 28.9 Å². The molecule has 4 nitrogen and oxygen atoms in total. The van der Waals surface area contributed by atoms with Crippen molar-refractivity contribution in [2.45, 2.75) is 25.3 Å². The maximum atomic E-state index is 13.7. The molecule has 1 atom stereocenters. The van der Waals surface area contributed by atoms with Gasteiger partial charge in [-0.15, -0.1) is 11.6 Å². The van der Waals surface area contributed by atoms with Crippen LogP contribution in [0.1, 0.15) is 24.5 Å². The Balaban J connectivity index is 2.50. The number of aryl methyl sites for hydroxylation is 1. The second-order valence-corrected chi connectivity index (χ2v) is 5.92. The molecule has 0 radical (unpaired) electrons. The van der Waals surface area contributed by atoms with Crippen LogP contribution in [0, 0.1) is 5.82 Å². The Morgan fingerprint density at radius 1 is 1.60 bits per heavy atom. The van der Waals surface area contributed by atoms with Crippen molar-refractivity contribution >= 4 is 44.5 Å². The summed E-state index contributed by atoms with van der Waals surface area (Å²) in [5, 5.41) is 2.23. The van der Waals surface area contributed by atoms with Crippen LogP contribution in [0.2, 0.25) is 0 Å². The molecule has 0 aliphatic carbocycles. The summed E-state index contributed by atoms with van der Waals surface area (Å²) in [4.78, 5) is 15.8. The molecule has 1 N–H and O–H groups in total. The lowest BCUT2D eigenvalue weighted by molar-refractivity contribution is -0.120. The van der Waals surface area contributed by atoms with Crippen molar-refractivity contribution in [3.05, 3.63) is 28.2 Å². The van der Waals surface area contributed by atoms with Gasteiger partial charge in [-0.3, -0.25) is 4.79 Å². The fraction of sp³-hybridized carbons (Fsp3) is 0.385. The van der Waals surface area contributed by atoms with E-state index in [9.17, 15) is 9.18 Å². The molecule has 7 heteroatoms. The highest BCUT2D eigenvalue weighted by atomic mass is 79.9. The van der Waals surface area contributed by atoms with Gasteiger partial charge in [-0.2, -0.15) is 0 Å². The van der Waals surface area contributed by atoms with Crippen LogP contribution in [-0.4, -0.2) is 22.5 Å². The Hall–Kier alpha value is -1.14. The molecule has 0 spiro atoms. The summed E-state index contributed by atoms with van der Waals surface area (Å²) < 4.78 is 15.8. The van der Waals surface area contributed by atoms with Gasteiger partial charge in [-0.1, -0.05) is 0 Å². The molecule has 1 aromatic heterocycles. The molecule has 1 heterocycles. The molecular formula is C13H14BrClFN3O. The van der Waals surface area contributed by atoms with Crippen molar-refractivity contribution < 1.29 is 9.18 Å². The highest BCUT2D eigenvalue weighted by molar-refractivity contribution is 9.10. The minimum atomic E-state index is -0.368. The van der Waals surface area contributed by atoms with E-state index in [1.807, 2.05) is 0 Å². The number of alkyl halides is 1. The van der Waals surface area contributed by atoms with E-state index in [-0.39, 0.29) is 23.5 Å². The predicted octanol–water partition coefficient (Wildman–Crippen LogP) is 3.37. The van der Waals surface area contributed by atoms with Gasteiger partial charge < -0.3 is 9.88 Å². The number of hydrogen-bond acceptors (Lipinski definition) is 2. The number of amides is 1. The summed E-state index contributed by atoms with van der Waals surface area (Å²) in [5.41, 5.74) is 1.29. The quantitative estimate of drug-likeness (QED) is 0.848. The van der Waals surface area contributed by atoms with Gasteiger partial charge in [0.15, 0.2) is 0 Å². The van der Waals surface area contributed by atoms with Crippen molar-refractivity contribution in [1.29, 1.82) is 0 Å². The Labute approximate surface area is 129 Å². The number of rotatable bonds is 4. The number of nitrogens with one attached hydrogen (secondary N) is 1. The molecule has 0 saturated heterocycles. The van der Waals surface area contributed by atoms with Gasteiger partial charge in [0.1, 0.15) is 11.6 Å². The number of halogens is 3. The second kappa shape index (κ2) is 6.10. The number of fused-ring (bicyclic) bond motifs is 1. The van der Waals surface area contributed by atoms with E-state index in [0.29, 0.717) is 27.9 Å². The molecule has 0 aliphatic heterocycles. The molecule has 2 aromatic rings. The second-order valence-electron chi connectivity index (χ2n) is 4.42. The average Bonchev–Trinajstić information content (AvgIpc) is 2.74. The van der Waals surface area contributed by atoms with Crippen LogP contribution < -0.4 is 5.32 Å². The fourth-order valence-electron chi connectivity index (χ4n) is 2.02. The maximum absolute atomic E-state index is 13.7. The number of carbonyl (C=O) groups excluding carboxylic acids is 1. The third kappa shape index (κ3) is 2.96. The number of nitrogens with zero attached hydrogens (tertiary/aromatic N) is 2. The Bertz CT molecular complexity index is 657. The van der Waals surface area contributed by atoms with Crippen LogP contribution in [0.5, 0.6) is 0 Å². The van der Waals surface area contributed by atoms with E-state index in [4.69, 9.17) is 11.6 Å². The number of carbonyl (C=O) groups is 1. The molecule has 0 bridgehead atoms. The minimum Gasteiger partial charge on any atom is -0.359 e. The first-order chi connectivity index (χ1) is 9.43. The van der Waals surface area contributed by atoms with Crippen LogP contribution in [0.25, 0.3) is 11.0 Å². The average molecular weight is 363 g/mol. The molecule has 0 saturated carbocycles. The summed E-state index contributed by atoms with van der Waals surface area (Å²) in [6.07, 6.45) is 0.288. The Kier molecular flexibility index (Phi) is 4.65. The van der Waals surface area contributed by atoms with Crippen molar-refractivity contribution in [3.8, 4) is 0 Å². The van der Waals surface area contributed by atoms with Gasteiger partial charge >= 0.3 is 0 Å². The van der Waals surface area contributed by atoms with Crippen LogP contribution in [-0.2, 0) is 11.3 Å². The zero-order valence-electron chi connectivity index (χ0n) is 11.1. The van der Waals surface area contributed by atoms with Gasteiger partial charge in [0.05, 0.1) is 20.9 Å². The van der Waals surface area contributed by atoms with E-state index in [1.165, 1.54) is 6.07 Å². The standard InChI is InChI=1S/C13H14BrClFN3O/c1-7(15)13-18-10-5-8(14)9(16)6-11(10)19(13)4-3-12(20)17-2/h5-7H,3-4H2,1-2H3,(H,17,20). The summed E-state index contributed by atoms with van der Waals surface area (Å²) in [6.45, 7) is 2.20. The zero-order valence-corrected chi connectivity index (χ0v) is 13.4. The summed E-state index contributed by atoms with van der Waals surface area (Å²) in [7, 11) is 1.58. The minimum absolute atomic E-state index is 0.0855. The fourth-order valence-corrected chi connectivity index (χ4v) is 2.51. The maximum Gasteiger partial charge on any atom is 0.221 e. The molecule has 2 rings (SSSR count). The molecular weight excluding hydrogens is 349 g/mol. The van der Waals surface area contributed by atoms with Crippen molar-refractivity contribution in [2.24, 2.45) is 0 Å². The molecule has 0 aliphatic rings. The SMILES string of the molecule is CNC(=O)CCn1c(C(C)Cl)nc2cc(Br)c(F)cc21. The summed E-state index contributed by atoms with van der Waals surface area (Å²) >= 11 is 9.26. The third-order valence-corrected chi connectivity index (χ3v) is 3.82. The van der Waals surface area contributed by atoms with E-state index >= 15 is 0 Å². The number of benzene rings is 1. The van der Waals surface area contributed by atoms with Crippen LogP contribution in [0.4, 0.5) is 4.39 Å². The number of imidazole rings is 1. The van der Waals surface area contributed by atoms with Crippen molar-refractivity contribution in [3.63, 3.8) is 0 Å². The van der Waals surface area contributed by atoms with Gasteiger partial charge in [0.25, 0.3) is 0 Å². The first-order valence-corrected chi connectivity index (χ1v) is 7.36. The monoisotopic (exact) mass is 361 g/mol. The highest BCUT2D eigenvalue weighted by Crippen LogP contribution is 2.28. The smallest absolute Gasteiger partial charge is 0.221 e. The normalized spacial score (nSPS) is 12.7. The molecule has 0 fully saturated rings. The van der Waals surface area contributed by atoms with E-state index in [1.54, 1.807) is 24.6 Å². The zero-order chi connectivity index (χ0) is 14.9. The Morgan fingerprint density at radius 2 is 2.30 bits per heavy atom. The van der Waals surface area contributed by atoms with E-state index in [2.05, 4.69) is 26.2 Å². The molecule has 1 unspecified atom stereocenters. The molecule has 1 aromatic carbocycles. The van der Waals surface area contributed by atoms with E-state index < -0.39 is 0 Å². The lowest BCUT2D eigenvalue weighted by Gasteiger charge is -2.10. The van der Waals surface area contributed by atoms with E-state index in [0.717, 1.165) is 0 Å². The number of hydrogen-bond donors (Lipinski definition) is 1. The van der Waals surface area contributed by atoms with Crippen LogP contribution in [0.15, 0.2) is 16.6 Å². The lowest BCUT2D eigenvalue weighted by atomic mass is 10.3. The van der Waals surface area contributed by atoms with Gasteiger partial charge in [0.2, 0.25) is 5.91 Å². The van der Waals surface area contributed by atoms with Crippen molar-refractivity contribution in [2.75, 3.05) is 7.05 Å². The molecule has 1 amide bonds.